The predicted octanol–water partition coefficient (Wildman–Crippen LogP) is 1.08. The summed E-state index contributed by atoms with van der Waals surface area (Å²) in [6.07, 6.45) is 1.31. The van der Waals surface area contributed by atoms with E-state index in [-0.39, 0.29) is 6.61 Å². The number of para-hydroxylation sites is 1. The monoisotopic (exact) mass is 297 g/mol. The van der Waals surface area contributed by atoms with Crippen molar-refractivity contribution in [2.24, 2.45) is 5.16 Å². The maximum Gasteiger partial charge on any atom is 0.293 e. The first-order valence-corrected chi connectivity index (χ1v) is 6.48. The summed E-state index contributed by atoms with van der Waals surface area (Å²) < 4.78 is 20.5. The second kappa shape index (κ2) is 11.7. The average molecular weight is 297 g/mol. The van der Waals surface area contributed by atoms with E-state index in [0.717, 1.165) is 0 Å². The van der Waals surface area contributed by atoms with Gasteiger partial charge in [0, 0.05) is 5.56 Å². The summed E-state index contributed by atoms with van der Waals surface area (Å²) in [5, 5.41) is 11.5. The topological polar surface area (TPSA) is 86.6 Å². The van der Waals surface area contributed by atoms with Crippen LogP contribution in [0.1, 0.15) is 5.56 Å². The van der Waals surface area contributed by atoms with E-state index in [4.69, 9.17) is 19.4 Å². The number of hydrogen-bond donors (Lipinski definition) is 1. The molecular weight excluding hydrogens is 278 g/mol. The van der Waals surface area contributed by atoms with Gasteiger partial charge in [0.15, 0.2) is 0 Å². The van der Waals surface area contributed by atoms with E-state index in [9.17, 15) is 4.79 Å². The summed E-state index contributed by atoms with van der Waals surface area (Å²) in [7, 11) is 0. The molecule has 1 aromatic carbocycles. The second-order valence-corrected chi connectivity index (χ2v) is 3.82. The Morgan fingerprint density at radius 1 is 1.00 bits per heavy atom. The van der Waals surface area contributed by atoms with E-state index in [1.807, 2.05) is 12.1 Å². The predicted molar refractivity (Wildman–Crippen MR) is 75.0 cm³/mol. The van der Waals surface area contributed by atoms with Crippen LogP contribution in [0.3, 0.4) is 0 Å². The van der Waals surface area contributed by atoms with Crippen molar-refractivity contribution in [3.63, 3.8) is 0 Å². The fraction of sp³-hybridized carbons (Fsp3) is 0.429. The minimum absolute atomic E-state index is 0.246. The molecule has 0 unspecified atom stereocenters. The van der Waals surface area contributed by atoms with Gasteiger partial charge < -0.3 is 24.2 Å². The van der Waals surface area contributed by atoms with Gasteiger partial charge in [0.1, 0.15) is 19.0 Å². The maximum atomic E-state index is 9.86. The summed E-state index contributed by atoms with van der Waals surface area (Å²) in [4.78, 5) is 9.86. The summed E-state index contributed by atoms with van der Waals surface area (Å²) in [6.45, 7) is 2.64. The first kappa shape index (κ1) is 16.9. The highest BCUT2D eigenvalue weighted by atomic mass is 16.6. The fourth-order valence-corrected chi connectivity index (χ4v) is 1.47. The van der Waals surface area contributed by atoms with E-state index in [1.54, 1.807) is 12.1 Å². The van der Waals surface area contributed by atoms with Crippen LogP contribution in [0.4, 0.5) is 0 Å². The van der Waals surface area contributed by atoms with Crippen molar-refractivity contribution in [2.75, 3.05) is 39.6 Å². The highest BCUT2D eigenvalue weighted by molar-refractivity contribution is 5.82. The van der Waals surface area contributed by atoms with Crippen molar-refractivity contribution < 1.29 is 28.9 Å². The van der Waals surface area contributed by atoms with Crippen molar-refractivity contribution in [3.8, 4) is 5.75 Å². The van der Waals surface area contributed by atoms with Gasteiger partial charge in [-0.1, -0.05) is 17.3 Å². The number of oxime groups is 1. The Morgan fingerprint density at radius 2 is 1.67 bits per heavy atom. The third kappa shape index (κ3) is 7.91. The third-order valence-corrected chi connectivity index (χ3v) is 2.39. The van der Waals surface area contributed by atoms with Gasteiger partial charge in [-0.05, 0) is 12.1 Å². The highest BCUT2D eigenvalue weighted by Crippen LogP contribution is 2.15. The number of ether oxygens (including phenoxy) is 4. The number of carbonyl (C=O) groups is 1. The maximum absolute atomic E-state index is 9.86. The summed E-state index contributed by atoms with van der Waals surface area (Å²) in [5.41, 5.74) is 0.693. The van der Waals surface area contributed by atoms with Crippen LogP contribution in [0.2, 0.25) is 0 Å². The van der Waals surface area contributed by atoms with Crippen LogP contribution in [0.5, 0.6) is 5.75 Å². The molecule has 0 aliphatic carbocycles. The molecule has 1 N–H and O–H groups in total. The lowest BCUT2D eigenvalue weighted by Crippen LogP contribution is -2.13. The number of hydrogen-bond acceptors (Lipinski definition) is 7. The molecule has 0 radical (unpaired) electrons. The van der Waals surface area contributed by atoms with Gasteiger partial charge in [-0.25, -0.2) is 0 Å². The largest absolute Gasteiger partial charge is 0.491 e. The zero-order valence-corrected chi connectivity index (χ0v) is 11.6. The minimum atomic E-state index is 0.246. The molecule has 0 heterocycles. The molecule has 0 saturated carbocycles. The quantitative estimate of drug-likeness (QED) is 0.204. The van der Waals surface area contributed by atoms with E-state index >= 15 is 0 Å². The molecule has 7 nitrogen and oxygen atoms in total. The Morgan fingerprint density at radius 3 is 2.38 bits per heavy atom. The number of rotatable bonds is 12. The molecule has 0 bridgehead atoms. The Bertz CT molecular complexity index is 424. The first-order chi connectivity index (χ1) is 10.4. The molecular formula is C14H19NO6. The lowest BCUT2D eigenvalue weighted by atomic mass is 10.2. The molecule has 1 rings (SSSR count). The van der Waals surface area contributed by atoms with Crippen LogP contribution in [-0.2, 0) is 19.0 Å². The van der Waals surface area contributed by atoms with E-state index in [2.05, 4.69) is 9.89 Å². The standard InChI is InChI=1S/C14H19NO6/c16-12-20-8-7-18-5-6-19-9-10-21-14-4-2-1-3-13(14)11-15-17/h1-4,11-12,17H,5-10H2/b15-11+. The summed E-state index contributed by atoms with van der Waals surface area (Å²) in [6, 6.07) is 7.23. The molecule has 0 aliphatic heterocycles. The lowest BCUT2D eigenvalue weighted by molar-refractivity contribution is -0.130. The van der Waals surface area contributed by atoms with Gasteiger partial charge in [0.2, 0.25) is 0 Å². The molecule has 116 valence electrons. The van der Waals surface area contributed by atoms with Crippen LogP contribution < -0.4 is 4.74 Å². The smallest absolute Gasteiger partial charge is 0.293 e. The average Bonchev–Trinajstić information content (AvgIpc) is 2.51. The third-order valence-electron chi connectivity index (χ3n) is 2.39. The van der Waals surface area contributed by atoms with Gasteiger partial charge in [0.25, 0.3) is 6.47 Å². The number of carbonyl (C=O) groups excluding carboxylic acids is 1. The zero-order chi connectivity index (χ0) is 15.2. The zero-order valence-electron chi connectivity index (χ0n) is 11.6. The second-order valence-electron chi connectivity index (χ2n) is 3.82. The van der Waals surface area contributed by atoms with Crippen molar-refractivity contribution >= 4 is 12.7 Å². The molecule has 0 spiro atoms. The Kier molecular flexibility index (Phi) is 9.42. The van der Waals surface area contributed by atoms with Crippen molar-refractivity contribution in [1.29, 1.82) is 0 Å². The van der Waals surface area contributed by atoms with Gasteiger partial charge in [-0.3, -0.25) is 4.79 Å². The Hall–Kier alpha value is -2.12. The molecule has 0 aliphatic rings. The number of nitrogens with zero attached hydrogens (tertiary/aromatic N) is 1. The Balaban J connectivity index is 2.05. The molecule has 7 heteroatoms. The van der Waals surface area contributed by atoms with Gasteiger partial charge >= 0.3 is 0 Å². The molecule has 0 fully saturated rings. The van der Waals surface area contributed by atoms with Gasteiger partial charge in [-0.15, -0.1) is 0 Å². The molecule has 21 heavy (non-hydrogen) atoms. The van der Waals surface area contributed by atoms with Gasteiger partial charge in [-0.2, -0.15) is 0 Å². The van der Waals surface area contributed by atoms with E-state index in [1.165, 1.54) is 6.21 Å². The van der Waals surface area contributed by atoms with Gasteiger partial charge in [0.05, 0.1) is 32.6 Å². The molecule has 0 aromatic heterocycles. The van der Waals surface area contributed by atoms with Crippen LogP contribution in [0.25, 0.3) is 0 Å². The molecule has 0 atom stereocenters. The first-order valence-electron chi connectivity index (χ1n) is 6.48. The normalized spacial score (nSPS) is 10.7. The van der Waals surface area contributed by atoms with Crippen molar-refractivity contribution in [3.05, 3.63) is 29.8 Å². The van der Waals surface area contributed by atoms with E-state index in [0.29, 0.717) is 50.8 Å². The number of benzene rings is 1. The summed E-state index contributed by atoms with van der Waals surface area (Å²) >= 11 is 0. The van der Waals surface area contributed by atoms with Crippen molar-refractivity contribution in [1.82, 2.24) is 0 Å². The molecule has 1 aromatic rings. The fourth-order valence-electron chi connectivity index (χ4n) is 1.47. The van der Waals surface area contributed by atoms with Crippen LogP contribution in [0, 0.1) is 0 Å². The Labute approximate surface area is 123 Å². The molecule has 0 saturated heterocycles. The molecule has 0 amide bonds. The summed E-state index contributed by atoms with van der Waals surface area (Å²) in [5.74, 6) is 0.626. The highest BCUT2D eigenvalue weighted by Gasteiger charge is 2.00. The van der Waals surface area contributed by atoms with Crippen LogP contribution in [0.15, 0.2) is 29.4 Å². The van der Waals surface area contributed by atoms with Crippen LogP contribution in [-0.4, -0.2) is 57.5 Å². The lowest BCUT2D eigenvalue weighted by Gasteiger charge is -2.09. The van der Waals surface area contributed by atoms with Crippen molar-refractivity contribution in [2.45, 2.75) is 0 Å². The SMILES string of the molecule is O=COCCOCCOCCOc1ccccc1/C=N/O. The minimum Gasteiger partial charge on any atom is -0.491 e. The van der Waals surface area contributed by atoms with Crippen LogP contribution >= 0.6 is 0 Å². The van der Waals surface area contributed by atoms with E-state index < -0.39 is 0 Å².